The van der Waals surface area contributed by atoms with Crippen LogP contribution in [0.25, 0.3) is 0 Å². The highest BCUT2D eigenvalue weighted by Crippen LogP contribution is 2.14. The minimum absolute atomic E-state index is 0.422. The van der Waals surface area contributed by atoms with Gasteiger partial charge in [-0.05, 0) is 32.0 Å². The Morgan fingerprint density at radius 2 is 2.22 bits per heavy atom. The summed E-state index contributed by atoms with van der Waals surface area (Å²) in [4.78, 5) is 11.1. The molecule has 0 aliphatic rings. The van der Waals surface area contributed by atoms with Gasteiger partial charge in [0.05, 0.1) is 5.69 Å². The average Bonchev–Trinajstić information content (AvgIpc) is 2.67. The number of carbonyl (C=O) groups excluding carboxylic acids is 1. The Labute approximate surface area is 105 Å². The number of nitrogens with two attached hydrogens (primary N) is 1. The van der Waals surface area contributed by atoms with Crippen LogP contribution in [0.3, 0.4) is 0 Å². The summed E-state index contributed by atoms with van der Waals surface area (Å²) in [5.41, 5.74) is 9.77. The summed E-state index contributed by atoms with van der Waals surface area (Å²) < 4.78 is 0. The molecule has 1 aromatic carbocycles. The highest BCUT2D eigenvalue weighted by Gasteiger charge is 2.06. The van der Waals surface area contributed by atoms with Crippen LogP contribution in [0.15, 0.2) is 24.3 Å². The first kappa shape index (κ1) is 12.2. The third kappa shape index (κ3) is 2.51. The van der Waals surface area contributed by atoms with Crippen molar-refractivity contribution in [2.45, 2.75) is 20.4 Å². The van der Waals surface area contributed by atoms with Crippen LogP contribution in [0.4, 0.5) is 5.69 Å². The summed E-state index contributed by atoms with van der Waals surface area (Å²) >= 11 is 0. The Kier molecular flexibility index (Phi) is 3.32. The number of nitrogens with zero attached hydrogens (tertiary/aromatic N) is 1. The molecule has 2 aromatic rings. The summed E-state index contributed by atoms with van der Waals surface area (Å²) in [6, 6.07) is 7.14. The van der Waals surface area contributed by atoms with Gasteiger partial charge >= 0.3 is 0 Å². The molecule has 0 atom stereocenters. The fourth-order valence-electron chi connectivity index (χ4n) is 1.81. The molecular formula is C13H16N4O. The van der Waals surface area contributed by atoms with Crippen LogP contribution < -0.4 is 11.1 Å². The molecule has 0 aliphatic carbocycles. The monoisotopic (exact) mass is 244 g/mol. The van der Waals surface area contributed by atoms with Crippen molar-refractivity contribution in [3.05, 3.63) is 46.8 Å². The number of anilines is 1. The number of carbonyl (C=O) groups is 1. The topological polar surface area (TPSA) is 83.8 Å². The molecule has 1 heterocycles. The number of rotatable bonds is 4. The largest absolute Gasteiger partial charge is 0.381 e. The van der Waals surface area contributed by atoms with Crippen LogP contribution in [-0.4, -0.2) is 16.1 Å². The number of aryl methyl sites for hydroxylation is 2. The van der Waals surface area contributed by atoms with Crippen LogP contribution in [0.2, 0.25) is 0 Å². The minimum Gasteiger partial charge on any atom is -0.381 e. The van der Waals surface area contributed by atoms with Crippen molar-refractivity contribution in [1.29, 1.82) is 0 Å². The van der Waals surface area contributed by atoms with E-state index in [1.54, 1.807) is 18.2 Å². The van der Waals surface area contributed by atoms with Gasteiger partial charge in [0, 0.05) is 29.1 Å². The van der Waals surface area contributed by atoms with Gasteiger partial charge in [-0.2, -0.15) is 5.10 Å². The van der Waals surface area contributed by atoms with E-state index in [2.05, 4.69) is 15.5 Å². The molecule has 2 rings (SSSR count). The number of aromatic nitrogens is 2. The molecule has 94 valence electrons. The quantitative estimate of drug-likeness (QED) is 0.766. The van der Waals surface area contributed by atoms with Crippen molar-refractivity contribution in [3.8, 4) is 0 Å². The highest BCUT2D eigenvalue weighted by atomic mass is 16.1. The molecule has 0 bridgehead atoms. The predicted molar refractivity (Wildman–Crippen MR) is 70.3 cm³/mol. The Morgan fingerprint density at radius 1 is 1.44 bits per heavy atom. The summed E-state index contributed by atoms with van der Waals surface area (Å²) in [6.07, 6.45) is 0. The van der Waals surface area contributed by atoms with Crippen molar-refractivity contribution in [2.24, 2.45) is 5.73 Å². The molecule has 0 aliphatic heterocycles. The van der Waals surface area contributed by atoms with Crippen LogP contribution in [0.1, 0.15) is 27.3 Å². The maximum absolute atomic E-state index is 11.1. The zero-order valence-corrected chi connectivity index (χ0v) is 10.4. The van der Waals surface area contributed by atoms with E-state index in [0.717, 1.165) is 22.6 Å². The van der Waals surface area contributed by atoms with Crippen LogP contribution in [0.5, 0.6) is 0 Å². The van der Waals surface area contributed by atoms with E-state index >= 15 is 0 Å². The van der Waals surface area contributed by atoms with E-state index in [1.165, 1.54) is 0 Å². The lowest BCUT2D eigenvalue weighted by atomic mass is 10.1. The van der Waals surface area contributed by atoms with Gasteiger partial charge in [-0.3, -0.25) is 9.89 Å². The molecule has 5 heteroatoms. The number of primary amides is 1. The van der Waals surface area contributed by atoms with E-state index < -0.39 is 5.91 Å². The lowest BCUT2D eigenvalue weighted by Gasteiger charge is -2.07. The third-order valence-electron chi connectivity index (χ3n) is 2.90. The molecule has 0 saturated heterocycles. The van der Waals surface area contributed by atoms with Gasteiger partial charge in [0.1, 0.15) is 0 Å². The minimum atomic E-state index is -0.422. The van der Waals surface area contributed by atoms with Crippen LogP contribution in [-0.2, 0) is 6.54 Å². The van der Waals surface area contributed by atoms with Crippen molar-refractivity contribution in [3.63, 3.8) is 0 Å². The zero-order chi connectivity index (χ0) is 13.1. The molecule has 5 nitrogen and oxygen atoms in total. The molecule has 1 amide bonds. The molecule has 0 radical (unpaired) electrons. The van der Waals surface area contributed by atoms with Gasteiger partial charge < -0.3 is 11.1 Å². The lowest BCUT2D eigenvalue weighted by molar-refractivity contribution is 0.100. The maximum Gasteiger partial charge on any atom is 0.248 e. The predicted octanol–water partition coefficient (Wildman–Crippen LogP) is 1.74. The number of hydrogen-bond acceptors (Lipinski definition) is 3. The molecule has 0 saturated carbocycles. The number of nitrogens with one attached hydrogen (secondary N) is 2. The highest BCUT2D eigenvalue weighted by molar-refractivity contribution is 5.93. The fourth-order valence-corrected chi connectivity index (χ4v) is 1.81. The van der Waals surface area contributed by atoms with E-state index in [-0.39, 0.29) is 0 Å². The first-order valence-corrected chi connectivity index (χ1v) is 5.72. The molecule has 0 spiro atoms. The van der Waals surface area contributed by atoms with Gasteiger partial charge in [0.25, 0.3) is 0 Å². The smallest absolute Gasteiger partial charge is 0.248 e. The number of aromatic amines is 1. The summed E-state index contributed by atoms with van der Waals surface area (Å²) in [5, 5.41) is 10.3. The van der Waals surface area contributed by atoms with E-state index in [4.69, 9.17) is 5.73 Å². The van der Waals surface area contributed by atoms with Crippen molar-refractivity contribution >= 4 is 11.6 Å². The second-order valence-electron chi connectivity index (χ2n) is 4.21. The van der Waals surface area contributed by atoms with E-state index in [9.17, 15) is 4.79 Å². The van der Waals surface area contributed by atoms with Crippen LogP contribution in [0, 0.1) is 13.8 Å². The first-order chi connectivity index (χ1) is 8.58. The van der Waals surface area contributed by atoms with Gasteiger partial charge in [0.15, 0.2) is 0 Å². The van der Waals surface area contributed by atoms with E-state index in [0.29, 0.717) is 12.1 Å². The fraction of sp³-hybridized carbons (Fsp3) is 0.231. The summed E-state index contributed by atoms with van der Waals surface area (Å²) in [7, 11) is 0. The molecule has 0 unspecified atom stereocenters. The Hall–Kier alpha value is -2.30. The first-order valence-electron chi connectivity index (χ1n) is 5.72. The van der Waals surface area contributed by atoms with Crippen molar-refractivity contribution < 1.29 is 4.79 Å². The Morgan fingerprint density at radius 3 is 2.83 bits per heavy atom. The van der Waals surface area contributed by atoms with E-state index in [1.807, 2.05) is 19.9 Å². The van der Waals surface area contributed by atoms with Crippen LogP contribution >= 0.6 is 0 Å². The maximum atomic E-state index is 11.1. The number of benzene rings is 1. The van der Waals surface area contributed by atoms with Crippen molar-refractivity contribution in [1.82, 2.24) is 10.2 Å². The molecular weight excluding hydrogens is 228 g/mol. The molecule has 18 heavy (non-hydrogen) atoms. The zero-order valence-electron chi connectivity index (χ0n) is 10.4. The number of amides is 1. The van der Waals surface area contributed by atoms with Gasteiger partial charge in [-0.15, -0.1) is 0 Å². The van der Waals surface area contributed by atoms with Crippen molar-refractivity contribution in [2.75, 3.05) is 5.32 Å². The molecule has 1 aromatic heterocycles. The SMILES string of the molecule is Cc1n[nH]c(C)c1CNc1cccc(C(N)=O)c1. The summed E-state index contributed by atoms with van der Waals surface area (Å²) in [6.45, 7) is 4.60. The summed E-state index contributed by atoms with van der Waals surface area (Å²) in [5.74, 6) is -0.422. The van der Waals surface area contributed by atoms with Gasteiger partial charge in [-0.25, -0.2) is 0 Å². The third-order valence-corrected chi connectivity index (χ3v) is 2.90. The lowest BCUT2D eigenvalue weighted by Crippen LogP contribution is -2.11. The number of hydrogen-bond donors (Lipinski definition) is 3. The normalized spacial score (nSPS) is 10.3. The Balaban J connectivity index is 2.11. The molecule has 4 N–H and O–H groups in total. The number of H-pyrrole nitrogens is 1. The average molecular weight is 244 g/mol. The molecule has 0 fully saturated rings. The van der Waals surface area contributed by atoms with Gasteiger partial charge in [0.2, 0.25) is 5.91 Å². The standard InChI is InChI=1S/C13H16N4O/c1-8-12(9(2)17-16-8)7-15-11-5-3-4-10(6-11)13(14)18/h3-6,15H,7H2,1-2H3,(H2,14,18)(H,16,17). The second-order valence-corrected chi connectivity index (χ2v) is 4.21. The van der Waals surface area contributed by atoms with Gasteiger partial charge in [-0.1, -0.05) is 6.07 Å². The second kappa shape index (κ2) is 4.91. The Bertz CT molecular complexity index is 555.